The highest BCUT2D eigenvalue weighted by Gasteiger charge is 2.30. The van der Waals surface area contributed by atoms with Crippen molar-refractivity contribution < 1.29 is 13.5 Å². The molecule has 0 aliphatic carbocycles. The summed E-state index contributed by atoms with van der Waals surface area (Å²) in [5, 5.41) is 9.68. The first-order valence-corrected chi connectivity index (χ1v) is 11.2. The minimum Gasteiger partial charge on any atom is -0.388 e. The molecule has 0 unspecified atom stereocenters. The Bertz CT molecular complexity index is 1130. The van der Waals surface area contributed by atoms with Gasteiger partial charge in [-0.15, -0.1) is 0 Å². The normalized spacial score (nSPS) is 16.5. The lowest BCUT2D eigenvalue weighted by molar-refractivity contribution is 0.148. The molecular weight excluding hydrogens is 388 g/mol. The molecule has 0 amide bonds. The maximum atomic E-state index is 13.1. The third kappa shape index (κ3) is 3.81. The zero-order valence-corrected chi connectivity index (χ0v) is 17.6. The van der Waals surface area contributed by atoms with Gasteiger partial charge in [-0.25, -0.2) is 13.4 Å². The maximum Gasteiger partial charge on any atom is 0.243 e. The van der Waals surface area contributed by atoms with E-state index in [1.54, 1.807) is 10.4 Å². The second-order valence-corrected chi connectivity index (χ2v) is 9.44. The molecule has 0 atom stereocenters. The van der Waals surface area contributed by atoms with Crippen molar-refractivity contribution >= 4 is 21.1 Å². The third-order valence-electron chi connectivity index (χ3n) is 5.51. The van der Waals surface area contributed by atoms with E-state index in [0.29, 0.717) is 43.6 Å². The van der Waals surface area contributed by atoms with E-state index in [1.807, 2.05) is 54.8 Å². The Labute approximate surface area is 171 Å². The number of hydrogen-bond donors (Lipinski definition) is 1. The average molecular weight is 415 g/mol. The monoisotopic (exact) mass is 414 g/mol. The Balaban J connectivity index is 1.50. The fourth-order valence-electron chi connectivity index (χ4n) is 3.84. The molecule has 1 aromatic heterocycles. The molecular formula is C21H26N4O3S. The molecule has 4 rings (SSSR count). The van der Waals surface area contributed by atoms with Crippen LogP contribution in [0.2, 0.25) is 0 Å². The van der Waals surface area contributed by atoms with E-state index in [1.165, 1.54) is 0 Å². The minimum absolute atomic E-state index is 0.129. The van der Waals surface area contributed by atoms with Gasteiger partial charge < -0.3 is 9.67 Å². The lowest BCUT2D eigenvalue weighted by Crippen LogP contribution is -2.49. The van der Waals surface area contributed by atoms with Gasteiger partial charge in [0.15, 0.2) is 0 Å². The van der Waals surface area contributed by atoms with Crippen LogP contribution in [-0.2, 0) is 23.3 Å². The molecule has 154 valence electrons. The van der Waals surface area contributed by atoms with Gasteiger partial charge in [-0.1, -0.05) is 24.3 Å². The molecule has 2 aromatic carbocycles. The fraction of sp³-hybridized carbons (Fsp3) is 0.381. The highest BCUT2D eigenvalue weighted by Crippen LogP contribution is 2.23. The lowest BCUT2D eigenvalue weighted by Gasteiger charge is -2.34. The van der Waals surface area contributed by atoms with Crippen molar-refractivity contribution in [3.05, 3.63) is 59.4 Å². The largest absolute Gasteiger partial charge is 0.388 e. The molecule has 3 aromatic rings. The zero-order valence-electron chi connectivity index (χ0n) is 16.7. The van der Waals surface area contributed by atoms with Crippen LogP contribution in [0, 0.1) is 13.8 Å². The Morgan fingerprint density at radius 2 is 1.76 bits per heavy atom. The van der Waals surface area contributed by atoms with Crippen LogP contribution >= 0.6 is 0 Å². The molecule has 1 aliphatic rings. The summed E-state index contributed by atoms with van der Waals surface area (Å²) in [5.74, 6) is 0.622. The summed E-state index contributed by atoms with van der Waals surface area (Å²) in [6.45, 7) is 6.33. The molecule has 29 heavy (non-hydrogen) atoms. The maximum absolute atomic E-state index is 13.1. The molecule has 1 N–H and O–H groups in total. The predicted octanol–water partition coefficient (Wildman–Crippen LogP) is 2.11. The predicted molar refractivity (Wildman–Crippen MR) is 112 cm³/mol. The van der Waals surface area contributed by atoms with Crippen molar-refractivity contribution in [2.24, 2.45) is 0 Å². The summed E-state index contributed by atoms with van der Waals surface area (Å²) in [6, 6.07) is 13.3. The second kappa shape index (κ2) is 7.87. The topological polar surface area (TPSA) is 78.7 Å². The van der Waals surface area contributed by atoms with Gasteiger partial charge in [0.2, 0.25) is 10.0 Å². The van der Waals surface area contributed by atoms with Crippen LogP contribution in [0.15, 0.2) is 47.4 Å². The molecule has 8 heteroatoms. The fourth-order valence-corrected chi connectivity index (χ4v) is 5.57. The average Bonchev–Trinajstić information content (AvgIpc) is 3.08. The summed E-state index contributed by atoms with van der Waals surface area (Å²) in [7, 11) is -3.50. The number of aryl methyl sites for hydroxylation is 2. The lowest BCUT2D eigenvalue weighted by atomic mass is 10.2. The number of nitrogens with zero attached hydrogens (tertiary/aromatic N) is 4. The van der Waals surface area contributed by atoms with Crippen LogP contribution < -0.4 is 0 Å². The summed E-state index contributed by atoms with van der Waals surface area (Å²) >= 11 is 0. The number of aromatic nitrogens is 2. The van der Waals surface area contributed by atoms with Crippen LogP contribution in [0.5, 0.6) is 0 Å². The third-order valence-corrected chi connectivity index (χ3v) is 7.55. The van der Waals surface area contributed by atoms with Crippen molar-refractivity contribution in [1.82, 2.24) is 18.8 Å². The van der Waals surface area contributed by atoms with Crippen LogP contribution in [0.25, 0.3) is 11.0 Å². The number of benzene rings is 2. The van der Waals surface area contributed by atoms with Gasteiger partial charge in [-0.05, 0) is 43.2 Å². The van der Waals surface area contributed by atoms with Gasteiger partial charge in [0.1, 0.15) is 12.4 Å². The van der Waals surface area contributed by atoms with Crippen molar-refractivity contribution in [2.45, 2.75) is 32.0 Å². The highest BCUT2D eigenvalue weighted by molar-refractivity contribution is 7.89. The van der Waals surface area contributed by atoms with Gasteiger partial charge in [-0.3, -0.25) is 4.90 Å². The number of aliphatic hydroxyl groups excluding tert-OH is 1. The molecule has 0 spiro atoms. The first kappa shape index (κ1) is 20.0. The van der Waals surface area contributed by atoms with Crippen LogP contribution in [0.4, 0.5) is 0 Å². The van der Waals surface area contributed by atoms with Gasteiger partial charge >= 0.3 is 0 Å². The molecule has 2 heterocycles. The minimum atomic E-state index is -3.50. The van der Waals surface area contributed by atoms with Crippen molar-refractivity contribution in [3.8, 4) is 0 Å². The van der Waals surface area contributed by atoms with Crippen molar-refractivity contribution in [1.29, 1.82) is 0 Å². The van der Waals surface area contributed by atoms with E-state index in [4.69, 9.17) is 0 Å². The van der Waals surface area contributed by atoms with Gasteiger partial charge in [0.05, 0.1) is 22.6 Å². The summed E-state index contributed by atoms with van der Waals surface area (Å²) in [6.07, 6.45) is 0. The standard InChI is InChI=1S/C21H26N4O3S/c1-16-7-8-17(2)20(13-16)29(27,28)24-11-9-23(10-12-24)15-25-19-6-4-3-5-18(19)22-21(25)14-26/h3-8,13,26H,9-12,14-15H2,1-2H3. The number of aliphatic hydroxyl groups is 1. The summed E-state index contributed by atoms with van der Waals surface area (Å²) < 4.78 is 29.8. The molecule has 1 saturated heterocycles. The smallest absolute Gasteiger partial charge is 0.243 e. The number of sulfonamides is 1. The molecule has 7 nitrogen and oxygen atoms in total. The Morgan fingerprint density at radius 3 is 2.48 bits per heavy atom. The number of para-hydroxylation sites is 2. The first-order chi connectivity index (χ1) is 13.9. The molecule has 0 bridgehead atoms. The highest BCUT2D eigenvalue weighted by atomic mass is 32.2. The van der Waals surface area contributed by atoms with E-state index in [0.717, 1.165) is 22.2 Å². The summed E-state index contributed by atoms with van der Waals surface area (Å²) in [5.41, 5.74) is 3.54. The molecule has 0 radical (unpaired) electrons. The van der Waals surface area contributed by atoms with Gasteiger partial charge in [-0.2, -0.15) is 4.31 Å². The van der Waals surface area contributed by atoms with E-state index < -0.39 is 10.0 Å². The molecule has 0 saturated carbocycles. The zero-order chi connectivity index (χ0) is 20.6. The van der Waals surface area contributed by atoms with Crippen molar-refractivity contribution in [3.63, 3.8) is 0 Å². The van der Waals surface area contributed by atoms with E-state index in [9.17, 15) is 13.5 Å². The first-order valence-electron chi connectivity index (χ1n) is 9.75. The number of rotatable bonds is 5. The van der Waals surface area contributed by atoms with E-state index in [2.05, 4.69) is 9.88 Å². The van der Waals surface area contributed by atoms with E-state index in [-0.39, 0.29) is 6.61 Å². The second-order valence-electron chi connectivity index (χ2n) is 7.54. The quantitative estimate of drug-likeness (QED) is 0.692. The summed E-state index contributed by atoms with van der Waals surface area (Å²) in [4.78, 5) is 7.08. The van der Waals surface area contributed by atoms with Crippen LogP contribution in [0.1, 0.15) is 17.0 Å². The number of hydrogen-bond acceptors (Lipinski definition) is 5. The Kier molecular flexibility index (Phi) is 5.44. The van der Waals surface area contributed by atoms with Gasteiger partial charge in [0.25, 0.3) is 0 Å². The Hall–Kier alpha value is -2.26. The number of fused-ring (bicyclic) bond motifs is 1. The SMILES string of the molecule is Cc1ccc(C)c(S(=O)(=O)N2CCN(Cn3c(CO)nc4ccccc43)CC2)c1. The molecule has 1 aliphatic heterocycles. The Morgan fingerprint density at radius 1 is 1.03 bits per heavy atom. The van der Waals surface area contributed by atoms with Crippen LogP contribution in [0.3, 0.4) is 0 Å². The van der Waals surface area contributed by atoms with E-state index >= 15 is 0 Å². The molecule has 1 fully saturated rings. The van der Waals surface area contributed by atoms with Gasteiger partial charge in [0, 0.05) is 26.2 Å². The number of piperazine rings is 1. The van der Waals surface area contributed by atoms with Crippen LogP contribution in [-0.4, -0.2) is 58.5 Å². The number of imidazole rings is 1. The van der Waals surface area contributed by atoms with Crippen molar-refractivity contribution in [2.75, 3.05) is 26.2 Å².